The van der Waals surface area contributed by atoms with Crippen molar-refractivity contribution in [3.05, 3.63) is 36.5 Å². The third-order valence-electron chi connectivity index (χ3n) is 6.79. The van der Waals surface area contributed by atoms with Gasteiger partial charge in [0.2, 0.25) is 5.91 Å². The largest absolute Gasteiger partial charge is 0.394 e. The van der Waals surface area contributed by atoms with Gasteiger partial charge in [0.1, 0.15) is 6.10 Å². The van der Waals surface area contributed by atoms with Gasteiger partial charge in [0.05, 0.1) is 18.8 Å². The molecule has 0 bridgehead atoms. The van der Waals surface area contributed by atoms with Crippen LogP contribution < -0.4 is 5.32 Å². The first-order valence-corrected chi connectivity index (χ1v) is 15.2. The van der Waals surface area contributed by atoms with E-state index in [9.17, 15) is 20.1 Å². The topological polar surface area (TPSA) is 89.8 Å². The minimum atomic E-state index is -1.16. The molecule has 0 spiro atoms. The van der Waals surface area contributed by atoms with Crippen LogP contribution in [0.2, 0.25) is 0 Å². The van der Waals surface area contributed by atoms with Gasteiger partial charge in [-0.1, -0.05) is 94.7 Å². The van der Waals surface area contributed by atoms with Gasteiger partial charge in [-0.15, -0.1) is 0 Å². The van der Waals surface area contributed by atoms with Crippen LogP contribution >= 0.6 is 0 Å². The molecule has 0 rings (SSSR count). The summed E-state index contributed by atoms with van der Waals surface area (Å²) in [5, 5.41) is 33.0. The van der Waals surface area contributed by atoms with E-state index in [1.54, 1.807) is 0 Å². The number of carbonyl (C=O) groups excluding carboxylic acids is 1. The maximum Gasteiger partial charge on any atom is 0.220 e. The highest BCUT2D eigenvalue weighted by Crippen LogP contribution is 2.12. The molecule has 0 aromatic carbocycles. The number of carbonyl (C=O) groups is 1. The number of aliphatic hydroxyl groups is 3. The van der Waals surface area contributed by atoms with Gasteiger partial charge in [0, 0.05) is 6.42 Å². The molecule has 37 heavy (non-hydrogen) atoms. The van der Waals surface area contributed by atoms with Gasteiger partial charge >= 0.3 is 0 Å². The Hall–Kier alpha value is -1.43. The van der Waals surface area contributed by atoms with E-state index in [2.05, 4.69) is 42.6 Å². The highest BCUT2D eigenvalue weighted by Gasteiger charge is 2.26. The number of rotatable bonds is 26. The van der Waals surface area contributed by atoms with Crippen LogP contribution in [-0.4, -0.2) is 46.1 Å². The minimum Gasteiger partial charge on any atom is -0.394 e. The molecule has 0 radical (unpaired) electrons. The van der Waals surface area contributed by atoms with Gasteiger partial charge in [-0.05, 0) is 71.1 Å². The molecule has 0 aliphatic carbocycles. The summed E-state index contributed by atoms with van der Waals surface area (Å²) >= 11 is 0. The van der Waals surface area contributed by atoms with Crippen molar-refractivity contribution in [3.63, 3.8) is 0 Å². The Kier molecular flexibility index (Phi) is 26.5. The molecule has 5 nitrogen and oxygen atoms in total. The van der Waals surface area contributed by atoms with E-state index in [0.717, 1.165) is 44.9 Å². The molecule has 4 N–H and O–H groups in total. The SMILES string of the molecule is C/C=C/CC/C=C/CCCC(O)C(O)C(CO)NC(=O)CCCCCCCCC/C=C\CCCCCC. The summed E-state index contributed by atoms with van der Waals surface area (Å²) in [5.41, 5.74) is 0. The normalized spacial score (nSPS) is 14.6. The molecule has 0 saturated carbocycles. The lowest BCUT2D eigenvalue weighted by atomic mass is 10.0. The van der Waals surface area contributed by atoms with Crippen LogP contribution in [0.5, 0.6) is 0 Å². The molecule has 0 saturated heterocycles. The fourth-order valence-corrected chi connectivity index (χ4v) is 4.35. The van der Waals surface area contributed by atoms with Gasteiger partial charge in [-0.3, -0.25) is 4.79 Å². The predicted molar refractivity (Wildman–Crippen MR) is 158 cm³/mol. The molecule has 0 aliphatic heterocycles. The molecular formula is C32H59NO4. The lowest BCUT2D eigenvalue weighted by molar-refractivity contribution is -0.124. The summed E-state index contributed by atoms with van der Waals surface area (Å²) in [4.78, 5) is 12.2. The summed E-state index contributed by atoms with van der Waals surface area (Å²) in [6, 6.07) is -0.829. The molecule has 0 fully saturated rings. The van der Waals surface area contributed by atoms with Crippen LogP contribution in [0, 0.1) is 0 Å². The molecule has 0 heterocycles. The van der Waals surface area contributed by atoms with E-state index in [-0.39, 0.29) is 12.5 Å². The maximum absolute atomic E-state index is 12.2. The van der Waals surface area contributed by atoms with Crippen molar-refractivity contribution in [2.75, 3.05) is 6.61 Å². The first-order chi connectivity index (χ1) is 18.1. The van der Waals surface area contributed by atoms with Crippen LogP contribution in [0.1, 0.15) is 136 Å². The van der Waals surface area contributed by atoms with Crippen molar-refractivity contribution in [2.45, 2.75) is 154 Å². The van der Waals surface area contributed by atoms with Crippen molar-refractivity contribution >= 4 is 5.91 Å². The number of hydrogen-bond donors (Lipinski definition) is 4. The van der Waals surface area contributed by atoms with Crippen LogP contribution in [0.3, 0.4) is 0 Å². The molecule has 5 heteroatoms. The second-order valence-corrected chi connectivity index (χ2v) is 10.3. The summed E-state index contributed by atoms with van der Waals surface area (Å²) in [5.74, 6) is -0.171. The molecule has 0 aromatic heterocycles. The highest BCUT2D eigenvalue weighted by atomic mass is 16.3. The zero-order valence-electron chi connectivity index (χ0n) is 24.1. The second kappa shape index (κ2) is 27.6. The van der Waals surface area contributed by atoms with E-state index in [1.807, 2.05) is 13.0 Å². The van der Waals surface area contributed by atoms with Crippen molar-refractivity contribution in [2.24, 2.45) is 0 Å². The fraction of sp³-hybridized carbons (Fsp3) is 0.781. The summed E-state index contributed by atoms with van der Waals surface area (Å²) in [6.45, 7) is 3.87. The Balaban J connectivity index is 3.78. The molecule has 3 unspecified atom stereocenters. The number of aliphatic hydroxyl groups excluding tert-OH is 3. The molecule has 1 amide bonds. The quantitative estimate of drug-likeness (QED) is 0.0710. The number of allylic oxidation sites excluding steroid dienone is 6. The summed E-state index contributed by atoms with van der Waals surface area (Å²) in [7, 11) is 0. The lowest BCUT2D eigenvalue weighted by Crippen LogP contribution is -2.50. The van der Waals surface area contributed by atoms with Crippen LogP contribution in [0.15, 0.2) is 36.5 Å². The van der Waals surface area contributed by atoms with Crippen LogP contribution in [-0.2, 0) is 4.79 Å². The highest BCUT2D eigenvalue weighted by molar-refractivity contribution is 5.76. The van der Waals surface area contributed by atoms with Crippen LogP contribution in [0.4, 0.5) is 0 Å². The first kappa shape index (κ1) is 35.6. The van der Waals surface area contributed by atoms with Crippen molar-refractivity contribution in [1.82, 2.24) is 5.32 Å². The van der Waals surface area contributed by atoms with E-state index >= 15 is 0 Å². The van der Waals surface area contributed by atoms with Gasteiger partial charge in [0.15, 0.2) is 0 Å². The Labute approximate surface area is 228 Å². The Morgan fingerprint density at radius 2 is 1.22 bits per heavy atom. The average Bonchev–Trinajstić information content (AvgIpc) is 2.90. The standard InChI is InChI=1S/C32H59NO4/c1-3-5-7-9-11-13-14-15-16-17-18-19-21-23-25-27-31(36)33-29(28-34)32(37)30(35)26-24-22-20-12-10-8-6-4-2/h4,6,12-14,20,29-30,32,34-35,37H,3,5,7-11,15-19,21-28H2,1-2H3,(H,33,36)/b6-4+,14-13-,20-12+. The Morgan fingerprint density at radius 1 is 0.703 bits per heavy atom. The van der Waals surface area contributed by atoms with Crippen LogP contribution in [0.25, 0.3) is 0 Å². The smallest absolute Gasteiger partial charge is 0.220 e. The Morgan fingerprint density at radius 3 is 1.81 bits per heavy atom. The number of nitrogens with one attached hydrogen (secondary N) is 1. The minimum absolute atomic E-state index is 0.171. The van der Waals surface area contributed by atoms with E-state index in [1.165, 1.54) is 64.2 Å². The zero-order valence-corrected chi connectivity index (χ0v) is 24.1. The average molecular weight is 522 g/mol. The summed E-state index contributed by atoms with van der Waals surface area (Å²) in [6.07, 6.45) is 31.1. The zero-order chi connectivity index (χ0) is 27.4. The molecule has 0 aliphatic rings. The van der Waals surface area contributed by atoms with Crippen molar-refractivity contribution in [3.8, 4) is 0 Å². The lowest BCUT2D eigenvalue weighted by Gasteiger charge is -2.26. The van der Waals surface area contributed by atoms with Crippen molar-refractivity contribution in [1.29, 1.82) is 0 Å². The molecule has 3 atom stereocenters. The molecule has 216 valence electrons. The molecule has 0 aromatic rings. The van der Waals surface area contributed by atoms with Gasteiger partial charge in [0.25, 0.3) is 0 Å². The fourth-order valence-electron chi connectivity index (χ4n) is 4.35. The van der Waals surface area contributed by atoms with E-state index in [4.69, 9.17) is 0 Å². The monoisotopic (exact) mass is 521 g/mol. The third-order valence-corrected chi connectivity index (χ3v) is 6.79. The second-order valence-electron chi connectivity index (χ2n) is 10.3. The molecular weight excluding hydrogens is 462 g/mol. The maximum atomic E-state index is 12.2. The summed E-state index contributed by atoms with van der Waals surface area (Å²) < 4.78 is 0. The number of unbranched alkanes of at least 4 members (excludes halogenated alkanes) is 13. The van der Waals surface area contributed by atoms with Gasteiger partial charge in [-0.2, -0.15) is 0 Å². The van der Waals surface area contributed by atoms with Crippen molar-refractivity contribution < 1.29 is 20.1 Å². The van der Waals surface area contributed by atoms with E-state index < -0.39 is 18.2 Å². The van der Waals surface area contributed by atoms with E-state index in [0.29, 0.717) is 12.8 Å². The van der Waals surface area contributed by atoms with Gasteiger partial charge in [-0.25, -0.2) is 0 Å². The first-order valence-electron chi connectivity index (χ1n) is 15.2. The number of hydrogen-bond acceptors (Lipinski definition) is 4. The Bertz CT molecular complexity index is 587. The third kappa shape index (κ3) is 23.4. The predicted octanol–water partition coefficient (Wildman–Crippen LogP) is 7.31. The number of amides is 1. The van der Waals surface area contributed by atoms with Gasteiger partial charge < -0.3 is 20.6 Å².